The molecular formula is C14H17NO. The second-order valence-electron chi connectivity index (χ2n) is 4.88. The molecule has 2 aliphatic rings. The van der Waals surface area contributed by atoms with Crippen molar-refractivity contribution in [3.63, 3.8) is 0 Å². The van der Waals surface area contributed by atoms with E-state index in [9.17, 15) is 4.79 Å². The molecule has 1 aromatic rings. The normalized spacial score (nSPS) is 17.1. The van der Waals surface area contributed by atoms with Crippen LogP contribution in [0.1, 0.15) is 40.7 Å². The van der Waals surface area contributed by atoms with Crippen LogP contribution in [0.3, 0.4) is 0 Å². The van der Waals surface area contributed by atoms with E-state index in [1.165, 1.54) is 53.5 Å². The van der Waals surface area contributed by atoms with Crippen LogP contribution >= 0.6 is 0 Å². The number of hydrogen-bond acceptors (Lipinski definition) is 1. The van der Waals surface area contributed by atoms with Gasteiger partial charge in [0.2, 0.25) is 6.41 Å². The molecule has 1 N–H and O–H groups in total. The molecule has 3 rings (SSSR count). The fourth-order valence-electron chi connectivity index (χ4n) is 3.46. The first kappa shape index (κ1) is 9.88. The average molecular weight is 215 g/mol. The first-order chi connectivity index (χ1) is 7.83. The topological polar surface area (TPSA) is 29.1 Å². The third-order valence-electron chi connectivity index (χ3n) is 4.15. The molecule has 0 aliphatic heterocycles. The lowest BCUT2D eigenvalue weighted by molar-refractivity contribution is -0.105. The van der Waals surface area contributed by atoms with Gasteiger partial charge in [-0.05, 0) is 73.3 Å². The summed E-state index contributed by atoms with van der Waals surface area (Å²) in [7, 11) is 0. The minimum atomic E-state index is 0.835. The fourth-order valence-corrected chi connectivity index (χ4v) is 3.46. The maximum absolute atomic E-state index is 10.7. The second-order valence-corrected chi connectivity index (χ2v) is 4.88. The van der Waals surface area contributed by atoms with Gasteiger partial charge in [0.05, 0.1) is 0 Å². The molecule has 2 heteroatoms. The van der Waals surface area contributed by atoms with Gasteiger partial charge in [-0.15, -0.1) is 0 Å². The first-order valence-corrected chi connectivity index (χ1v) is 6.19. The van der Waals surface area contributed by atoms with Crippen molar-refractivity contribution >= 4 is 12.1 Å². The van der Waals surface area contributed by atoms with Crippen LogP contribution in [-0.2, 0) is 30.5 Å². The van der Waals surface area contributed by atoms with Gasteiger partial charge < -0.3 is 5.32 Å². The van der Waals surface area contributed by atoms with E-state index in [0.29, 0.717) is 0 Å². The number of carbonyl (C=O) groups excluding carboxylic acids is 1. The number of rotatable bonds is 2. The summed E-state index contributed by atoms with van der Waals surface area (Å²) in [5.41, 5.74) is 8.54. The predicted molar refractivity (Wildman–Crippen MR) is 64.9 cm³/mol. The molecule has 84 valence electrons. The molecule has 0 aromatic heterocycles. The van der Waals surface area contributed by atoms with Crippen molar-refractivity contribution in [1.29, 1.82) is 0 Å². The molecule has 1 aromatic carbocycles. The zero-order chi connectivity index (χ0) is 11.1. The van der Waals surface area contributed by atoms with Gasteiger partial charge in [-0.2, -0.15) is 0 Å². The van der Waals surface area contributed by atoms with Crippen molar-refractivity contribution < 1.29 is 4.79 Å². The van der Waals surface area contributed by atoms with Crippen molar-refractivity contribution in [1.82, 2.24) is 0 Å². The lowest BCUT2D eigenvalue weighted by Gasteiger charge is -2.17. The first-order valence-electron chi connectivity index (χ1n) is 6.19. The molecular weight excluding hydrogens is 198 g/mol. The lowest BCUT2D eigenvalue weighted by atomic mass is 9.93. The average Bonchev–Trinajstić information content (AvgIpc) is 2.92. The Morgan fingerprint density at radius 2 is 1.44 bits per heavy atom. The molecule has 2 nitrogen and oxygen atoms in total. The molecule has 16 heavy (non-hydrogen) atoms. The molecule has 0 unspecified atom stereocenters. The number of nitrogens with one attached hydrogen (secondary N) is 1. The van der Waals surface area contributed by atoms with E-state index >= 15 is 0 Å². The fraction of sp³-hybridized carbons (Fsp3) is 0.500. The molecule has 0 radical (unpaired) electrons. The quantitative estimate of drug-likeness (QED) is 0.755. The largest absolute Gasteiger partial charge is 0.328 e. The molecule has 0 fully saturated rings. The Kier molecular flexibility index (Phi) is 2.23. The highest BCUT2D eigenvalue weighted by Gasteiger charge is 2.26. The van der Waals surface area contributed by atoms with Crippen LogP contribution in [0.25, 0.3) is 0 Å². The van der Waals surface area contributed by atoms with Crippen LogP contribution in [0, 0.1) is 6.92 Å². The Balaban J connectivity index is 2.27. The van der Waals surface area contributed by atoms with E-state index in [1.54, 1.807) is 0 Å². The van der Waals surface area contributed by atoms with Crippen LogP contribution in [0.15, 0.2) is 0 Å². The van der Waals surface area contributed by atoms with Gasteiger partial charge in [-0.25, -0.2) is 0 Å². The summed E-state index contributed by atoms with van der Waals surface area (Å²) in [5, 5.41) is 2.95. The molecule has 0 saturated carbocycles. The van der Waals surface area contributed by atoms with Gasteiger partial charge in [0.1, 0.15) is 0 Å². The standard InChI is InChI=1S/C14H17NO/c1-9-10-4-2-6-12(10)14(15-8-16)13-7-3-5-11(9)13/h8H,2-7H2,1H3,(H,15,16). The molecule has 0 saturated heterocycles. The van der Waals surface area contributed by atoms with Crippen molar-refractivity contribution in [2.24, 2.45) is 0 Å². The van der Waals surface area contributed by atoms with Crippen molar-refractivity contribution in [2.45, 2.75) is 45.4 Å². The number of benzene rings is 1. The second kappa shape index (κ2) is 3.62. The third-order valence-corrected chi connectivity index (χ3v) is 4.15. The van der Waals surface area contributed by atoms with Gasteiger partial charge in [0.15, 0.2) is 0 Å². The van der Waals surface area contributed by atoms with Crippen molar-refractivity contribution in [3.8, 4) is 0 Å². The summed E-state index contributed by atoms with van der Waals surface area (Å²) in [6, 6.07) is 0. The molecule has 2 aliphatic carbocycles. The number of amides is 1. The van der Waals surface area contributed by atoms with Gasteiger partial charge in [0, 0.05) is 5.69 Å². The summed E-state index contributed by atoms with van der Waals surface area (Å²) in [5.74, 6) is 0. The molecule has 0 atom stereocenters. The van der Waals surface area contributed by atoms with Crippen molar-refractivity contribution in [3.05, 3.63) is 27.8 Å². The lowest BCUT2D eigenvalue weighted by Crippen LogP contribution is -2.06. The minimum Gasteiger partial charge on any atom is -0.328 e. The number of fused-ring (bicyclic) bond motifs is 2. The third kappa shape index (κ3) is 1.22. The predicted octanol–water partition coefficient (Wildman–Crippen LogP) is 2.54. The Morgan fingerprint density at radius 3 is 1.94 bits per heavy atom. The molecule has 0 spiro atoms. The summed E-state index contributed by atoms with van der Waals surface area (Å²) in [4.78, 5) is 10.7. The van der Waals surface area contributed by atoms with Crippen LogP contribution in [0.4, 0.5) is 5.69 Å². The zero-order valence-corrected chi connectivity index (χ0v) is 9.73. The van der Waals surface area contributed by atoms with Crippen LogP contribution in [0.5, 0.6) is 0 Å². The monoisotopic (exact) mass is 215 g/mol. The maximum Gasteiger partial charge on any atom is 0.211 e. The zero-order valence-electron chi connectivity index (χ0n) is 9.73. The smallest absolute Gasteiger partial charge is 0.211 e. The van der Waals surface area contributed by atoms with E-state index in [2.05, 4.69) is 12.2 Å². The Labute approximate surface area is 96.1 Å². The number of hydrogen-bond donors (Lipinski definition) is 1. The van der Waals surface area contributed by atoms with Crippen molar-refractivity contribution in [2.75, 3.05) is 5.32 Å². The Hall–Kier alpha value is -1.31. The highest BCUT2D eigenvalue weighted by atomic mass is 16.1. The highest BCUT2D eigenvalue weighted by Crippen LogP contribution is 2.41. The summed E-state index contributed by atoms with van der Waals surface area (Å²) >= 11 is 0. The summed E-state index contributed by atoms with van der Waals surface area (Å²) < 4.78 is 0. The Bertz CT molecular complexity index is 427. The van der Waals surface area contributed by atoms with E-state index in [4.69, 9.17) is 0 Å². The summed E-state index contributed by atoms with van der Waals surface area (Å²) in [6.45, 7) is 2.26. The van der Waals surface area contributed by atoms with E-state index in [-0.39, 0.29) is 0 Å². The Morgan fingerprint density at radius 1 is 0.938 bits per heavy atom. The number of carbonyl (C=O) groups is 1. The van der Waals surface area contributed by atoms with Crippen LogP contribution in [0.2, 0.25) is 0 Å². The van der Waals surface area contributed by atoms with Gasteiger partial charge >= 0.3 is 0 Å². The molecule has 0 heterocycles. The van der Waals surface area contributed by atoms with E-state index < -0.39 is 0 Å². The van der Waals surface area contributed by atoms with Gasteiger partial charge in [-0.3, -0.25) is 4.79 Å². The molecule has 0 bridgehead atoms. The summed E-state index contributed by atoms with van der Waals surface area (Å²) in [6.07, 6.45) is 7.99. The van der Waals surface area contributed by atoms with Gasteiger partial charge in [0.25, 0.3) is 0 Å². The highest BCUT2D eigenvalue weighted by molar-refractivity contribution is 5.79. The van der Waals surface area contributed by atoms with E-state index in [1.807, 2.05) is 0 Å². The van der Waals surface area contributed by atoms with Gasteiger partial charge in [-0.1, -0.05) is 0 Å². The SMILES string of the molecule is Cc1c2c(c(NC=O)c3c1CCC3)CCC2. The van der Waals surface area contributed by atoms with Crippen LogP contribution in [-0.4, -0.2) is 6.41 Å². The minimum absolute atomic E-state index is 0.835. The number of anilines is 1. The molecule has 1 amide bonds. The van der Waals surface area contributed by atoms with E-state index in [0.717, 1.165) is 24.9 Å². The van der Waals surface area contributed by atoms with Crippen LogP contribution < -0.4 is 5.32 Å². The maximum atomic E-state index is 10.7.